The van der Waals surface area contributed by atoms with Crippen LogP contribution in [0.4, 0.5) is 0 Å². The minimum Gasteiger partial charge on any atom is -0.463 e. The lowest BCUT2D eigenvalue weighted by molar-refractivity contribution is -0.181. The lowest BCUT2D eigenvalue weighted by atomic mass is 10.0. The van der Waals surface area contributed by atoms with Crippen molar-refractivity contribution < 1.29 is 18.7 Å². The maximum Gasteiger partial charge on any atom is 0.274 e. The quantitative estimate of drug-likeness (QED) is 0.653. The first kappa shape index (κ1) is 18.4. The van der Waals surface area contributed by atoms with E-state index in [-0.39, 0.29) is 5.91 Å². The van der Waals surface area contributed by atoms with Gasteiger partial charge in [0.25, 0.3) is 5.91 Å². The van der Waals surface area contributed by atoms with E-state index in [0.29, 0.717) is 61.3 Å². The van der Waals surface area contributed by atoms with Crippen molar-refractivity contribution in [3.63, 3.8) is 0 Å². The lowest BCUT2D eigenvalue weighted by Gasteiger charge is -2.37. The summed E-state index contributed by atoms with van der Waals surface area (Å²) in [6, 6.07) is 12.7. The van der Waals surface area contributed by atoms with Crippen LogP contribution in [0.3, 0.4) is 0 Å². The van der Waals surface area contributed by atoms with E-state index in [9.17, 15) is 4.79 Å². The third-order valence-electron chi connectivity index (χ3n) is 5.40. The van der Waals surface area contributed by atoms with Crippen LogP contribution in [-0.2, 0) is 9.47 Å². The SMILES string of the molecule is O=C(c1cc(-c2ccco2)n(-c2ccc(Cl)cc2)n1)N1CCC2(CC1)OCCO2. The summed E-state index contributed by atoms with van der Waals surface area (Å²) in [5.41, 5.74) is 1.87. The van der Waals surface area contributed by atoms with Gasteiger partial charge in [-0.2, -0.15) is 5.10 Å². The summed E-state index contributed by atoms with van der Waals surface area (Å²) < 4.78 is 18.8. The fourth-order valence-electron chi connectivity index (χ4n) is 3.86. The Morgan fingerprint density at radius 3 is 2.45 bits per heavy atom. The number of carbonyl (C=O) groups excluding carboxylic acids is 1. The van der Waals surface area contributed by atoms with E-state index < -0.39 is 5.79 Å². The summed E-state index contributed by atoms with van der Waals surface area (Å²) in [4.78, 5) is 14.9. The molecule has 3 aromatic rings. The topological polar surface area (TPSA) is 69.7 Å². The Morgan fingerprint density at radius 2 is 1.79 bits per heavy atom. The maximum absolute atomic E-state index is 13.1. The second kappa shape index (κ2) is 7.33. The van der Waals surface area contributed by atoms with Crippen molar-refractivity contribution in [2.75, 3.05) is 26.3 Å². The van der Waals surface area contributed by atoms with Gasteiger partial charge in [0.05, 0.1) is 25.2 Å². The van der Waals surface area contributed by atoms with Crippen LogP contribution in [0, 0.1) is 0 Å². The first-order valence-corrected chi connectivity index (χ1v) is 9.98. The molecular formula is C21H20ClN3O4. The van der Waals surface area contributed by atoms with Gasteiger partial charge in [0, 0.05) is 37.0 Å². The zero-order valence-electron chi connectivity index (χ0n) is 15.7. The van der Waals surface area contributed by atoms with Crippen LogP contribution in [0.25, 0.3) is 17.1 Å². The van der Waals surface area contributed by atoms with Gasteiger partial charge in [-0.15, -0.1) is 0 Å². The summed E-state index contributed by atoms with van der Waals surface area (Å²) in [6.45, 7) is 2.38. The summed E-state index contributed by atoms with van der Waals surface area (Å²) in [7, 11) is 0. The highest BCUT2D eigenvalue weighted by molar-refractivity contribution is 6.30. The van der Waals surface area contributed by atoms with Crippen molar-refractivity contribution in [1.29, 1.82) is 0 Å². The second-order valence-electron chi connectivity index (χ2n) is 7.18. The number of aromatic nitrogens is 2. The molecule has 2 aliphatic heterocycles. The van der Waals surface area contributed by atoms with Gasteiger partial charge >= 0.3 is 0 Å². The first-order valence-electron chi connectivity index (χ1n) is 9.61. The highest BCUT2D eigenvalue weighted by atomic mass is 35.5. The van der Waals surface area contributed by atoms with Crippen molar-refractivity contribution in [1.82, 2.24) is 14.7 Å². The Hall–Kier alpha value is -2.61. The number of nitrogens with zero attached hydrogens (tertiary/aromatic N) is 3. The molecule has 29 heavy (non-hydrogen) atoms. The van der Waals surface area contributed by atoms with E-state index in [0.717, 1.165) is 5.69 Å². The zero-order valence-corrected chi connectivity index (χ0v) is 16.5. The van der Waals surface area contributed by atoms with E-state index in [2.05, 4.69) is 5.10 Å². The number of benzene rings is 1. The zero-order chi connectivity index (χ0) is 19.8. The van der Waals surface area contributed by atoms with Gasteiger partial charge < -0.3 is 18.8 Å². The van der Waals surface area contributed by atoms with Crippen molar-refractivity contribution >= 4 is 17.5 Å². The predicted octanol–water partition coefficient (Wildman–Crippen LogP) is 3.76. The highest BCUT2D eigenvalue weighted by Gasteiger charge is 2.41. The van der Waals surface area contributed by atoms with Crippen LogP contribution in [0.2, 0.25) is 5.02 Å². The molecule has 2 aliphatic rings. The van der Waals surface area contributed by atoms with Crippen molar-refractivity contribution in [2.24, 2.45) is 0 Å². The fraction of sp³-hybridized carbons (Fsp3) is 0.333. The monoisotopic (exact) mass is 413 g/mol. The molecule has 0 aliphatic carbocycles. The molecule has 5 rings (SSSR count). The van der Waals surface area contributed by atoms with Gasteiger partial charge in [-0.05, 0) is 36.4 Å². The molecule has 1 aromatic carbocycles. The maximum atomic E-state index is 13.1. The molecule has 150 valence electrons. The van der Waals surface area contributed by atoms with E-state index in [1.807, 2.05) is 24.3 Å². The predicted molar refractivity (Wildman–Crippen MR) is 106 cm³/mol. The highest BCUT2D eigenvalue weighted by Crippen LogP contribution is 2.32. The Bertz CT molecular complexity index is 997. The van der Waals surface area contributed by atoms with Crippen LogP contribution in [0.1, 0.15) is 23.3 Å². The molecule has 0 saturated carbocycles. The molecule has 0 N–H and O–H groups in total. The van der Waals surface area contributed by atoms with E-state index in [1.54, 1.807) is 34.0 Å². The van der Waals surface area contributed by atoms with E-state index in [4.69, 9.17) is 25.5 Å². The van der Waals surface area contributed by atoms with Gasteiger partial charge in [-0.3, -0.25) is 4.79 Å². The molecule has 0 unspecified atom stereocenters. The number of hydrogen-bond acceptors (Lipinski definition) is 5. The molecular weight excluding hydrogens is 394 g/mol. The summed E-state index contributed by atoms with van der Waals surface area (Å²) >= 11 is 6.02. The summed E-state index contributed by atoms with van der Waals surface area (Å²) in [5.74, 6) is 0.00825. The van der Waals surface area contributed by atoms with E-state index in [1.165, 1.54) is 0 Å². The normalized spacial score (nSPS) is 18.4. The number of rotatable bonds is 3. The van der Waals surface area contributed by atoms with Crippen LogP contribution >= 0.6 is 11.6 Å². The fourth-order valence-corrected chi connectivity index (χ4v) is 3.99. The van der Waals surface area contributed by atoms with Crippen LogP contribution in [0.5, 0.6) is 0 Å². The van der Waals surface area contributed by atoms with Gasteiger partial charge in [0.1, 0.15) is 5.69 Å². The van der Waals surface area contributed by atoms with Crippen LogP contribution < -0.4 is 0 Å². The Kier molecular flexibility index (Phi) is 4.66. The number of piperidine rings is 1. The van der Waals surface area contributed by atoms with Gasteiger partial charge in [-0.25, -0.2) is 4.68 Å². The van der Waals surface area contributed by atoms with Gasteiger partial charge in [-0.1, -0.05) is 11.6 Å². The van der Waals surface area contributed by atoms with Gasteiger partial charge in [0.15, 0.2) is 17.2 Å². The van der Waals surface area contributed by atoms with Crippen molar-refractivity contribution in [3.05, 3.63) is 59.4 Å². The number of hydrogen-bond donors (Lipinski definition) is 0. The smallest absolute Gasteiger partial charge is 0.274 e. The van der Waals surface area contributed by atoms with Crippen molar-refractivity contribution in [3.8, 4) is 17.1 Å². The summed E-state index contributed by atoms with van der Waals surface area (Å²) in [6.07, 6.45) is 2.94. The van der Waals surface area contributed by atoms with Crippen molar-refractivity contribution in [2.45, 2.75) is 18.6 Å². The second-order valence-corrected chi connectivity index (χ2v) is 7.62. The minimum atomic E-state index is -0.515. The van der Waals surface area contributed by atoms with Crippen LogP contribution in [0.15, 0.2) is 53.1 Å². The summed E-state index contributed by atoms with van der Waals surface area (Å²) in [5, 5.41) is 5.22. The molecule has 0 bridgehead atoms. The standard InChI is InChI=1S/C21H20ClN3O4/c22-15-3-5-16(6-4-15)25-18(19-2-1-11-27-19)14-17(23-25)20(26)24-9-7-21(8-10-24)28-12-13-29-21/h1-6,11,14H,7-10,12-13H2. The molecule has 0 radical (unpaired) electrons. The molecule has 8 heteroatoms. The molecule has 2 fully saturated rings. The third kappa shape index (κ3) is 3.46. The number of halogens is 1. The molecule has 1 amide bonds. The minimum absolute atomic E-state index is 0.113. The molecule has 7 nitrogen and oxygen atoms in total. The Labute approximate surface area is 172 Å². The first-order chi connectivity index (χ1) is 14.1. The number of ether oxygens (including phenoxy) is 2. The third-order valence-corrected chi connectivity index (χ3v) is 5.65. The van der Waals surface area contributed by atoms with Gasteiger partial charge in [0.2, 0.25) is 0 Å². The Morgan fingerprint density at radius 1 is 1.07 bits per heavy atom. The Balaban J connectivity index is 1.44. The largest absolute Gasteiger partial charge is 0.463 e. The molecule has 2 aromatic heterocycles. The molecule has 4 heterocycles. The number of furan rings is 1. The number of likely N-dealkylation sites (tertiary alicyclic amines) is 1. The molecule has 0 atom stereocenters. The number of carbonyl (C=O) groups is 1. The average molecular weight is 414 g/mol. The van der Waals surface area contributed by atoms with E-state index >= 15 is 0 Å². The van der Waals surface area contributed by atoms with Crippen LogP contribution in [-0.4, -0.2) is 52.7 Å². The molecule has 1 spiro atoms. The lowest BCUT2D eigenvalue weighted by Crippen LogP contribution is -2.47. The molecule has 2 saturated heterocycles. The average Bonchev–Trinajstić information content (AvgIpc) is 3.49. The number of amides is 1.